The molecule has 1 N–H and O–H groups in total. The van der Waals surface area contributed by atoms with Crippen LogP contribution in [0.2, 0.25) is 0 Å². The molecular weight excluding hydrogens is 158 g/mol. The molecule has 0 bridgehead atoms. The van der Waals surface area contributed by atoms with Crippen LogP contribution in [0.25, 0.3) is 0 Å². The SMILES string of the molecule is C#CC(C)C(C=O)NC(=O)OC. The number of amides is 1. The maximum Gasteiger partial charge on any atom is 0.407 e. The van der Waals surface area contributed by atoms with Gasteiger partial charge in [0.25, 0.3) is 0 Å². The van der Waals surface area contributed by atoms with Crippen molar-refractivity contribution in [2.75, 3.05) is 7.11 Å². The van der Waals surface area contributed by atoms with Crippen LogP contribution in [0.3, 0.4) is 0 Å². The summed E-state index contributed by atoms with van der Waals surface area (Å²) in [6.07, 6.45) is 4.99. The van der Waals surface area contributed by atoms with Crippen LogP contribution in [0.1, 0.15) is 6.92 Å². The largest absolute Gasteiger partial charge is 0.453 e. The molecule has 0 fully saturated rings. The van der Waals surface area contributed by atoms with Gasteiger partial charge >= 0.3 is 6.09 Å². The Hall–Kier alpha value is -1.50. The second-order valence-electron chi connectivity index (χ2n) is 2.25. The Balaban J connectivity index is 4.10. The zero-order valence-electron chi connectivity index (χ0n) is 7.03. The van der Waals surface area contributed by atoms with E-state index < -0.39 is 12.1 Å². The number of carbonyl (C=O) groups excluding carboxylic acids is 2. The van der Waals surface area contributed by atoms with Crippen LogP contribution in [0, 0.1) is 18.3 Å². The van der Waals surface area contributed by atoms with Crippen molar-refractivity contribution in [2.45, 2.75) is 13.0 Å². The van der Waals surface area contributed by atoms with Gasteiger partial charge in [0.05, 0.1) is 7.11 Å². The highest BCUT2D eigenvalue weighted by molar-refractivity contribution is 5.73. The van der Waals surface area contributed by atoms with E-state index in [2.05, 4.69) is 16.0 Å². The lowest BCUT2D eigenvalue weighted by Gasteiger charge is -2.13. The standard InChI is InChI=1S/C8H11NO3/c1-4-6(2)7(5-10)9-8(11)12-3/h1,5-7H,2-3H3,(H,9,11). The fourth-order valence-corrected chi connectivity index (χ4v) is 0.576. The molecule has 0 aromatic heterocycles. The van der Waals surface area contributed by atoms with E-state index in [9.17, 15) is 9.59 Å². The fourth-order valence-electron chi connectivity index (χ4n) is 0.576. The lowest BCUT2D eigenvalue weighted by atomic mass is 10.1. The molecule has 4 nitrogen and oxygen atoms in total. The summed E-state index contributed by atoms with van der Waals surface area (Å²) in [6, 6.07) is -0.678. The Morgan fingerprint density at radius 2 is 2.33 bits per heavy atom. The molecule has 4 heteroatoms. The molecular formula is C8H11NO3. The lowest BCUT2D eigenvalue weighted by molar-refractivity contribution is -0.110. The van der Waals surface area contributed by atoms with Crippen molar-refractivity contribution in [3.63, 3.8) is 0 Å². The first-order chi connectivity index (χ1) is 5.65. The van der Waals surface area contributed by atoms with Crippen molar-refractivity contribution in [1.29, 1.82) is 0 Å². The Morgan fingerprint density at radius 1 is 1.75 bits per heavy atom. The van der Waals surface area contributed by atoms with Crippen LogP contribution >= 0.6 is 0 Å². The van der Waals surface area contributed by atoms with E-state index in [0.29, 0.717) is 6.29 Å². The number of rotatable bonds is 3. The summed E-state index contributed by atoms with van der Waals surface area (Å²) in [5, 5.41) is 2.30. The van der Waals surface area contributed by atoms with Gasteiger partial charge in [0, 0.05) is 5.92 Å². The van der Waals surface area contributed by atoms with E-state index in [1.54, 1.807) is 6.92 Å². The molecule has 2 atom stereocenters. The van der Waals surface area contributed by atoms with Crippen LogP contribution in [0.4, 0.5) is 4.79 Å². The van der Waals surface area contributed by atoms with Crippen molar-refractivity contribution in [2.24, 2.45) is 5.92 Å². The predicted octanol–water partition coefficient (Wildman–Crippen LogP) is 0.179. The minimum Gasteiger partial charge on any atom is -0.453 e. The zero-order chi connectivity index (χ0) is 9.56. The second-order valence-corrected chi connectivity index (χ2v) is 2.25. The van der Waals surface area contributed by atoms with Crippen molar-refractivity contribution >= 4 is 12.4 Å². The van der Waals surface area contributed by atoms with Crippen molar-refractivity contribution in [1.82, 2.24) is 5.32 Å². The van der Waals surface area contributed by atoms with Gasteiger partial charge in [-0.1, -0.05) is 0 Å². The molecule has 0 radical (unpaired) electrons. The molecule has 66 valence electrons. The van der Waals surface area contributed by atoms with Crippen LogP contribution < -0.4 is 5.32 Å². The maximum atomic E-state index is 10.6. The average Bonchev–Trinajstić information content (AvgIpc) is 2.12. The van der Waals surface area contributed by atoms with E-state index in [0.717, 1.165) is 0 Å². The number of terminal acetylenes is 1. The third-order valence-electron chi connectivity index (χ3n) is 1.42. The third kappa shape index (κ3) is 3.06. The molecule has 0 spiro atoms. The fraction of sp³-hybridized carbons (Fsp3) is 0.500. The molecule has 0 aromatic carbocycles. The molecule has 0 aliphatic rings. The molecule has 0 rings (SSSR count). The number of methoxy groups -OCH3 is 1. The van der Waals surface area contributed by atoms with Gasteiger partial charge in [-0.3, -0.25) is 0 Å². The summed E-state index contributed by atoms with van der Waals surface area (Å²) in [5.41, 5.74) is 0. The molecule has 0 aliphatic heterocycles. The number of alkyl carbamates (subject to hydrolysis) is 1. The molecule has 0 saturated carbocycles. The molecule has 12 heavy (non-hydrogen) atoms. The van der Waals surface area contributed by atoms with Gasteiger partial charge in [0.15, 0.2) is 0 Å². The smallest absolute Gasteiger partial charge is 0.407 e. The number of carbonyl (C=O) groups is 2. The van der Waals surface area contributed by atoms with Gasteiger partial charge in [-0.25, -0.2) is 4.79 Å². The number of ether oxygens (including phenoxy) is 1. The molecule has 2 unspecified atom stereocenters. The summed E-state index contributed by atoms with van der Waals surface area (Å²) in [6.45, 7) is 1.66. The second kappa shape index (κ2) is 5.19. The lowest BCUT2D eigenvalue weighted by Crippen LogP contribution is -2.40. The highest BCUT2D eigenvalue weighted by atomic mass is 16.5. The van der Waals surface area contributed by atoms with E-state index in [1.165, 1.54) is 7.11 Å². The molecule has 0 aliphatic carbocycles. The number of hydrogen-bond acceptors (Lipinski definition) is 3. The van der Waals surface area contributed by atoms with Crippen molar-refractivity contribution < 1.29 is 14.3 Å². The van der Waals surface area contributed by atoms with Gasteiger partial charge in [-0.2, -0.15) is 0 Å². The summed E-state index contributed by atoms with van der Waals surface area (Å²) >= 11 is 0. The quantitative estimate of drug-likeness (QED) is 0.484. The first kappa shape index (κ1) is 10.5. The summed E-state index contributed by atoms with van der Waals surface area (Å²) < 4.78 is 4.30. The normalized spacial score (nSPS) is 13.8. The van der Waals surface area contributed by atoms with Gasteiger partial charge in [-0.15, -0.1) is 12.3 Å². The van der Waals surface area contributed by atoms with E-state index >= 15 is 0 Å². The summed E-state index contributed by atoms with van der Waals surface area (Å²) in [7, 11) is 1.22. The average molecular weight is 169 g/mol. The number of aldehydes is 1. The minimum absolute atomic E-state index is 0.332. The maximum absolute atomic E-state index is 10.6. The van der Waals surface area contributed by atoms with Crippen LogP contribution in [-0.4, -0.2) is 25.5 Å². The van der Waals surface area contributed by atoms with E-state index in [-0.39, 0.29) is 5.92 Å². The number of nitrogens with one attached hydrogen (secondary N) is 1. The van der Waals surface area contributed by atoms with Gasteiger partial charge in [0.2, 0.25) is 0 Å². The van der Waals surface area contributed by atoms with Crippen LogP contribution in [-0.2, 0) is 9.53 Å². The molecule has 0 aromatic rings. The molecule has 1 amide bonds. The Bertz CT molecular complexity index is 207. The van der Waals surface area contributed by atoms with Crippen LogP contribution in [0.15, 0.2) is 0 Å². The minimum atomic E-state index is -0.678. The molecule has 0 saturated heterocycles. The van der Waals surface area contributed by atoms with Crippen LogP contribution in [0.5, 0.6) is 0 Å². The van der Waals surface area contributed by atoms with E-state index in [1.807, 2.05) is 0 Å². The first-order valence-electron chi connectivity index (χ1n) is 3.41. The predicted molar refractivity (Wildman–Crippen MR) is 43.4 cm³/mol. The van der Waals surface area contributed by atoms with Gasteiger partial charge in [-0.05, 0) is 6.92 Å². The van der Waals surface area contributed by atoms with Crippen molar-refractivity contribution in [3.05, 3.63) is 0 Å². The van der Waals surface area contributed by atoms with Crippen molar-refractivity contribution in [3.8, 4) is 12.3 Å². The molecule has 0 heterocycles. The summed E-state index contributed by atoms with van der Waals surface area (Å²) in [5.74, 6) is 2.01. The first-order valence-corrected chi connectivity index (χ1v) is 3.41. The Labute approximate surface area is 71.3 Å². The number of hydrogen-bond donors (Lipinski definition) is 1. The van der Waals surface area contributed by atoms with Gasteiger partial charge < -0.3 is 14.8 Å². The highest BCUT2D eigenvalue weighted by Gasteiger charge is 2.16. The van der Waals surface area contributed by atoms with E-state index in [4.69, 9.17) is 6.42 Å². The monoisotopic (exact) mass is 169 g/mol. The summed E-state index contributed by atoms with van der Waals surface area (Å²) in [4.78, 5) is 21.0. The zero-order valence-corrected chi connectivity index (χ0v) is 7.03. The Kier molecular flexibility index (Phi) is 4.54. The highest BCUT2D eigenvalue weighted by Crippen LogP contribution is 1.98. The topological polar surface area (TPSA) is 55.4 Å². The Morgan fingerprint density at radius 3 is 2.67 bits per heavy atom. The van der Waals surface area contributed by atoms with Gasteiger partial charge in [0.1, 0.15) is 12.3 Å². The third-order valence-corrected chi connectivity index (χ3v) is 1.42.